The number of hydrogen-bond donors (Lipinski definition) is 2. The number of hydrogen-bond acceptors (Lipinski definition) is 6. The van der Waals surface area contributed by atoms with Gasteiger partial charge in [0.15, 0.2) is 12.4 Å². The maximum atomic E-state index is 12.2. The van der Waals surface area contributed by atoms with Crippen molar-refractivity contribution in [3.63, 3.8) is 0 Å². The molecule has 0 radical (unpaired) electrons. The molecule has 0 saturated carbocycles. The number of carbonyl (C=O) groups is 3. The Balaban J connectivity index is 1.42. The molecule has 0 aliphatic carbocycles. The normalized spacial score (nSPS) is 10.3. The van der Waals surface area contributed by atoms with Crippen LogP contribution in [0.25, 0.3) is 0 Å². The van der Waals surface area contributed by atoms with Crippen LogP contribution in [0.2, 0.25) is 10.0 Å². The minimum Gasteiger partial charge on any atom is -0.457 e. The van der Waals surface area contributed by atoms with E-state index in [9.17, 15) is 14.4 Å². The van der Waals surface area contributed by atoms with Gasteiger partial charge >= 0.3 is 5.97 Å². The molecule has 8 nitrogen and oxygen atoms in total. The van der Waals surface area contributed by atoms with E-state index in [0.29, 0.717) is 27.6 Å². The molecule has 2 aromatic carbocycles. The second-order valence-corrected chi connectivity index (χ2v) is 7.51. The van der Waals surface area contributed by atoms with Crippen molar-refractivity contribution in [2.75, 3.05) is 18.5 Å². The third kappa shape index (κ3) is 6.93. The third-order valence-corrected chi connectivity index (χ3v) is 5.16. The average Bonchev–Trinajstić information content (AvgIpc) is 2.82. The first-order valence-corrected chi connectivity index (χ1v) is 10.5. The van der Waals surface area contributed by atoms with Crippen LogP contribution in [0.4, 0.5) is 5.82 Å². The summed E-state index contributed by atoms with van der Waals surface area (Å²) in [6, 6.07) is 15.6. The van der Waals surface area contributed by atoms with Crippen LogP contribution in [0.1, 0.15) is 15.9 Å². The third-order valence-electron chi connectivity index (χ3n) is 4.31. The van der Waals surface area contributed by atoms with Crippen LogP contribution in [-0.4, -0.2) is 35.9 Å². The van der Waals surface area contributed by atoms with Crippen LogP contribution in [0.5, 0.6) is 11.5 Å². The van der Waals surface area contributed by atoms with Crippen molar-refractivity contribution in [1.82, 2.24) is 10.3 Å². The van der Waals surface area contributed by atoms with E-state index < -0.39 is 30.9 Å². The lowest BCUT2D eigenvalue weighted by Crippen LogP contribution is -2.32. The topological polar surface area (TPSA) is 107 Å². The van der Waals surface area contributed by atoms with Gasteiger partial charge in [-0.25, -0.2) is 4.98 Å². The van der Waals surface area contributed by atoms with Crippen molar-refractivity contribution in [3.05, 3.63) is 82.0 Å². The molecule has 0 atom stereocenters. The van der Waals surface area contributed by atoms with Crippen molar-refractivity contribution in [3.8, 4) is 11.5 Å². The molecule has 0 saturated heterocycles. The molecule has 10 heteroatoms. The van der Waals surface area contributed by atoms with Gasteiger partial charge in [0.2, 0.25) is 0 Å². The Bertz CT molecular complexity index is 1150. The lowest BCUT2D eigenvalue weighted by molar-refractivity contribution is -0.146. The molecular weight excluding hydrogens is 469 g/mol. The Morgan fingerprint density at radius 1 is 0.970 bits per heavy atom. The van der Waals surface area contributed by atoms with Crippen LogP contribution in [0.3, 0.4) is 0 Å². The number of esters is 1. The van der Waals surface area contributed by atoms with Gasteiger partial charge in [0, 0.05) is 11.8 Å². The van der Waals surface area contributed by atoms with Gasteiger partial charge < -0.3 is 20.1 Å². The van der Waals surface area contributed by atoms with E-state index in [1.807, 2.05) is 30.3 Å². The molecule has 1 aromatic heterocycles. The van der Waals surface area contributed by atoms with Gasteiger partial charge in [-0.15, -0.1) is 0 Å². The van der Waals surface area contributed by atoms with Crippen LogP contribution >= 0.6 is 23.2 Å². The molecule has 1 heterocycles. The number of para-hydroxylation sites is 1. The maximum Gasteiger partial charge on any atom is 0.325 e. The van der Waals surface area contributed by atoms with E-state index >= 15 is 0 Å². The molecule has 3 aromatic rings. The van der Waals surface area contributed by atoms with Gasteiger partial charge in [0.25, 0.3) is 11.8 Å². The van der Waals surface area contributed by atoms with E-state index in [1.54, 1.807) is 31.2 Å². The van der Waals surface area contributed by atoms with Gasteiger partial charge in [0.1, 0.15) is 18.0 Å². The number of rotatable bonds is 8. The summed E-state index contributed by atoms with van der Waals surface area (Å²) in [5.74, 6) is -0.559. The molecule has 33 heavy (non-hydrogen) atoms. The van der Waals surface area contributed by atoms with Crippen LogP contribution < -0.4 is 15.4 Å². The Kier molecular flexibility index (Phi) is 8.23. The van der Waals surface area contributed by atoms with Gasteiger partial charge in [-0.3, -0.25) is 14.4 Å². The molecule has 0 unspecified atom stereocenters. The highest BCUT2D eigenvalue weighted by Gasteiger charge is 2.14. The highest BCUT2D eigenvalue weighted by atomic mass is 35.5. The molecule has 170 valence electrons. The lowest BCUT2D eigenvalue weighted by Gasteiger charge is -2.10. The molecule has 0 bridgehead atoms. The number of carbonyl (C=O) groups excluding carboxylic acids is 3. The Morgan fingerprint density at radius 3 is 2.33 bits per heavy atom. The molecular formula is C23H19Cl2N3O5. The summed E-state index contributed by atoms with van der Waals surface area (Å²) in [6.07, 6.45) is 1.35. The average molecular weight is 488 g/mol. The summed E-state index contributed by atoms with van der Waals surface area (Å²) < 4.78 is 10.5. The number of halogens is 2. The number of aromatic nitrogens is 1. The van der Waals surface area contributed by atoms with Gasteiger partial charge in [-0.2, -0.15) is 0 Å². The minimum absolute atomic E-state index is 0.104. The zero-order chi connectivity index (χ0) is 23.8. The van der Waals surface area contributed by atoms with Gasteiger partial charge in [-0.1, -0.05) is 41.4 Å². The smallest absolute Gasteiger partial charge is 0.325 e. The molecule has 0 spiro atoms. The fourth-order valence-corrected chi connectivity index (χ4v) is 2.95. The highest BCUT2D eigenvalue weighted by Crippen LogP contribution is 2.28. The maximum absolute atomic E-state index is 12.2. The summed E-state index contributed by atoms with van der Waals surface area (Å²) in [5, 5.41) is 5.41. The van der Waals surface area contributed by atoms with Gasteiger partial charge in [-0.05, 0) is 48.9 Å². The van der Waals surface area contributed by atoms with Gasteiger partial charge in [0.05, 0.1) is 10.0 Å². The number of anilines is 1. The number of benzene rings is 2. The first-order chi connectivity index (χ1) is 15.8. The van der Waals surface area contributed by atoms with Crippen LogP contribution in [0.15, 0.2) is 60.8 Å². The number of ether oxygens (including phenoxy) is 2. The SMILES string of the molecule is Cc1c(Cl)cnc(NC(=O)COC(=O)CNC(=O)c2ccc(Oc3ccccc3)cc2)c1Cl. The van der Waals surface area contributed by atoms with E-state index in [0.717, 1.165) is 0 Å². The van der Waals surface area contributed by atoms with E-state index in [4.69, 9.17) is 32.7 Å². The summed E-state index contributed by atoms with van der Waals surface area (Å²) in [5.41, 5.74) is 0.891. The quantitative estimate of drug-likeness (QED) is 0.456. The first-order valence-electron chi connectivity index (χ1n) is 9.70. The minimum atomic E-state index is -0.783. The lowest BCUT2D eigenvalue weighted by atomic mass is 10.2. The Hall–Kier alpha value is -3.62. The molecule has 0 aliphatic rings. The second-order valence-electron chi connectivity index (χ2n) is 6.72. The van der Waals surface area contributed by atoms with Crippen LogP contribution in [0, 0.1) is 6.92 Å². The monoisotopic (exact) mass is 487 g/mol. The van der Waals surface area contributed by atoms with Crippen LogP contribution in [-0.2, 0) is 14.3 Å². The summed E-state index contributed by atoms with van der Waals surface area (Å²) in [4.78, 5) is 40.0. The van der Waals surface area contributed by atoms with Crippen molar-refractivity contribution in [2.45, 2.75) is 6.92 Å². The van der Waals surface area contributed by atoms with Crippen molar-refractivity contribution < 1.29 is 23.9 Å². The summed E-state index contributed by atoms with van der Waals surface area (Å²) >= 11 is 12.0. The first kappa shape index (κ1) is 24.0. The zero-order valence-electron chi connectivity index (χ0n) is 17.4. The van der Waals surface area contributed by atoms with Crippen molar-refractivity contribution in [1.29, 1.82) is 0 Å². The fraction of sp³-hybridized carbons (Fsp3) is 0.130. The largest absolute Gasteiger partial charge is 0.457 e. The molecule has 2 N–H and O–H groups in total. The Labute approximate surface area is 199 Å². The Morgan fingerprint density at radius 2 is 1.64 bits per heavy atom. The second kappa shape index (κ2) is 11.3. The highest BCUT2D eigenvalue weighted by molar-refractivity contribution is 6.37. The molecule has 0 aliphatic heterocycles. The van der Waals surface area contributed by atoms with Crippen molar-refractivity contribution >= 4 is 46.8 Å². The molecule has 2 amide bonds. The number of nitrogens with zero attached hydrogens (tertiary/aromatic N) is 1. The van der Waals surface area contributed by atoms with E-state index in [-0.39, 0.29) is 10.8 Å². The predicted octanol–water partition coefficient (Wildman–Crippen LogP) is 4.40. The van der Waals surface area contributed by atoms with Crippen molar-refractivity contribution in [2.24, 2.45) is 0 Å². The number of nitrogens with one attached hydrogen (secondary N) is 2. The fourth-order valence-electron chi connectivity index (χ4n) is 2.56. The zero-order valence-corrected chi connectivity index (χ0v) is 18.9. The molecule has 3 rings (SSSR count). The summed E-state index contributed by atoms with van der Waals surface area (Å²) in [6.45, 7) is 0.696. The van der Waals surface area contributed by atoms with E-state index in [2.05, 4.69) is 15.6 Å². The summed E-state index contributed by atoms with van der Waals surface area (Å²) in [7, 11) is 0. The number of pyridine rings is 1. The van der Waals surface area contributed by atoms with E-state index in [1.165, 1.54) is 6.20 Å². The molecule has 0 fully saturated rings. The predicted molar refractivity (Wildman–Crippen MR) is 124 cm³/mol. The standard InChI is InChI=1S/C23H19Cl2N3O5/c1-14-18(24)11-26-22(21(14)25)28-19(29)13-32-20(30)12-27-23(31)15-7-9-17(10-8-15)33-16-5-3-2-4-6-16/h2-11H,12-13H2,1H3,(H,27,31)(H,26,28,29). The number of amides is 2.